The summed E-state index contributed by atoms with van der Waals surface area (Å²) in [5, 5.41) is 11.6. The summed E-state index contributed by atoms with van der Waals surface area (Å²) in [6, 6.07) is 15.8. The van der Waals surface area contributed by atoms with Crippen LogP contribution in [0.15, 0.2) is 53.6 Å². The molecule has 0 atom stereocenters. The summed E-state index contributed by atoms with van der Waals surface area (Å²) in [6.45, 7) is 3.00. The van der Waals surface area contributed by atoms with E-state index in [-0.39, 0.29) is 0 Å². The van der Waals surface area contributed by atoms with Gasteiger partial charge in [-0.25, -0.2) is 0 Å². The van der Waals surface area contributed by atoms with Gasteiger partial charge in [0.1, 0.15) is 6.61 Å². The van der Waals surface area contributed by atoms with Gasteiger partial charge >= 0.3 is 0 Å². The van der Waals surface area contributed by atoms with E-state index in [1.165, 1.54) is 0 Å². The second-order valence-electron chi connectivity index (χ2n) is 6.63. The first-order chi connectivity index (χ1) is 13.7. The molecule has 1 aromatic heterocycles. The number of hydrogen-bond acceptors (Lipinski definition) is 5. The summed E-state index contributed by atoms with van der Waals surface area (Å²) in [5.41, 5.74) is 2.01. The van der Waals surface area contributed by atoms with Gasteiger partial charge in [-0.1, -0.05) is 30.3 Å². The van der Waals surface area contributed by atoms with Gasteiger partial charge in [0.2, 0.25) is 4.77 Å². The monoisotopic (exact) mass is 394 g/mol. The second kappa shape index (κ2) is 8.39. The van der Waals surface area contributed by atoms with Crippen LogP contribution in [-0.2, 0) is 6.61 Å². The van der Waals surface area contributed by atoms with Crippen LogP contribution in [0.3, 0.4) is 0 Å². The summed E-state index contributed by atoms with van der Waals surface area (Å²) >= 11 is 5.29. The van der Waals surface area contributed by atoms with E-state index in [0.29, 0.717) is 35.4 Å². The van der Waals surface area contributed by atoms with E-state index in [1.54, 1.807) is 10.9 Å². The smallest absolute Gasteiger partial charge is 0.216 e. The molecule has 0 bridgehead atoms. The number of hydrogen-bond donors (Lipinski definition) is 1. The lowest BCUT2D eigenvalue weighted by Gasteiger charge is -2.12. The van der Waals surface area contributed by atoms with Crippen molar-refractivity contribution < 1.29 is 9.47 Å². The zero-order valence-electron chi connectivity index (χ0n) is 15.7. The highest BCUT2D eigenvalue weighted by Gasteiger charge is 2.29. The molecule has 28 heavy (non-hydrogen) atoms. The van der Waals surface area contributed by atoms with Gasteiger partial charge in [-0.15, -0.1) is 0 Å². The molecule has 1 N–H and O–H groups in total. The van der Waals surface area contributed by atoms with Crippen molar-refractivity contribution in [3.63, 3.8) is 0 Å². The Balaban J connectivity index is 1.53. The molecule has 0 spiro atoms. The largest absolute Gasteiger partial charge is 0.490 e. The highest BCUT2D eigenvalue weighted by atomic mass is 32.1. The Morgan fingerprint density at radius 3 is 2.75 bits per heavy atom. The number of H-pyrrole nitrogens is 1. The highest BCUT2D eigenvalue weighted by molar-refractivity contribution is 7.71. The Labute approximate surface area is 168 Å². The van der Waals surface area contributed by atoms with E-state index in [0.717, 1.165) is 29.8 Å². The third-order valence-electron chi connectivity index (χ3n) is 4.45. The van der Waals surface area contributed by atoms with Crippen molar-refractivity contribution in [2.24, 2.45) is 5.10 Å². The van der Waals surface area contributed by atoms with E-state index < -0.39 is 0 Å². The average molecular weight is 395 g/mol. The molecule has 4 rings (SSSR count). The van der Waals surface area contributed by atoms with E-state index in [2.05, 4.69) is 15.3 Å². The molecule has 0 amide bonds. The molecule has 1 heterocycles. The van der Waals surface area contributed by atoms with Crippen molar-refractivity contribution in [1.29, 1.82) is 0 Å². The molecule has 7 heteroatoms. The van der Waals surface area contributed by atoms with Crippen molar-refractivity contribution in [3.05, 3.63) is 70.3 Å². The van der Waals surface area contributed by atoms with Crippen molar-refractivity contribution in [3.8, 4) is 11.5 Å². The molecular formula is C21H22N4O2S. The van der Waals surface area contributed by atoms with Crippen molar-refractivity contribution in [2.75, 3.05) is 6.61 Å². The molecule has 0 unspecified atom stereocenters. The quantitative estimate of drug-likeness (QED) is 0.445. The van der Waals surface area contributed by atoms with Crippen LogP contribution in [-0.4, -0.2) is 27.7 Å². The van der Waals surface area contributed by atoms with Gasteiger partial charge < -0.3 is 9.47 Å². The molecule has 0 saturated heterocycles. The molecule has 144 valence electrons. The summed E-state index contributed by atoms with van der Waals surface area (Å²) < 4.78 is 13.9. The number of nitrogens with zero attached hydrogens (tertiary/aromatic N) is 3. The van der Waals surface area contributed by atoms with Gasteiger partial charge in [-0.3, -0.25) is 5.10 Å². The molecule has 1 aliphatic rings. The first-order valence-corrected chi connectivity index (χ1v) is 9.80. The van der Waals surface area contributed by atoms with Crippen LogP contribution in [0.5, 0.6) is 11.5 Å². The molecule has 2 aromatic carbocycles. The molecule has 1 saturated carbocycles. The third kappa shape index (κ3) is 4.31. The minimum atomic E-state index is 0.456. The number of nitrogens with one attached hydrogen (secondary N) is 1. The van der Waals surface area contributed by atoms with E-state index >= 15 is 0 Å². The van der Waals surface area contributed by atoms with E-state index in [1.807, 2.05) is 55.5 Å². The fourth-order valence-electron chi connectivity index (χ4n) is 2.87. The van der Waals surface area contributed by atoms with Crippen molar-refractivity contribution >= 4 is 18.4 Å². The van der Waals surface area contributed by atoms with Crippen molar-refractivity contribution in [1.82, 2.24) is 14.9 Å². The van der Waals surface area contributed by atoms with Gasteiger partial charge in [0.05, 0.1) is 12.8 Å². The standard InChI is InChI=1S/C21H22N4O2S/c1-2-26-19-12-16(8-11-18(19)27-14-15-6-4-3-5-7-15)13-22-25-20(17-9-10-17)23-24-21(25)28/h3-8,11-13,17H,2,9-10,14H2,1H3,(H,24,28)/b22-13-. The van der Waals surface area contributed by atoms with Gasteiger partial charge in [0.15, 0.2) is 17.3 Å². The summed E-state index contributed by atoms with van der Waals surface area (Å²) in [4.78, 5) is 0. The van der Waals surface area contributed by atoms with Crippen LogP contribution in [0.4, 0.5) is 0 Å². The van der Waals surface area contributed by atoms with E-state index in [9.17, 15) is 0 Å². The third-order valence-corrected chi connectivity index (χ3v) is 4.71. The fraction of sp³-hybridized carbons (Fsp3) is 0.286. The van der Waals surface area contributed by atoms with E-state index in [4.69, 9.17) is 21.7 Å². The van der Waals surface area contributed by atoms with Crippen LogP contribution in [0.1, 0.15) is 42.6 Å². The highest BCUT2D eigenvalue weighted by Crippen LogP contribution is 2.38. The second-order valence-corrected chi connectivity index (χ2v) is 7.02. The number of ether oxygens (including phenoxy) is 2. The maximum absolute atomic E-state index is 5.95. The lowest BCUT2D eigenvalue weighted by molar-refractivity contribution is 0.269. The fourth-order valence-corrected chi connectivity index (χ4v) is 3.06. The average Bonchev–Trinajstić information content (AvgIpc) is 3.50. The maximum Gasteiger partial charge on any atom is 0.216 e. The first-order valence-electron chi connectivity index (χ1n) is 9.40. The van der Waals surface area contributed by atoms with Crippen LogP contribution in [0, 0.1) is 4.77 Å². The molecule has 1 fully saturated rings. The van der Waals surface area contributed by atoms with Crippen LogP contribution in [0.25, 0.3) is 0 Å². The number of aromatic amines is 1. The Kier molecular flexibility index (Phi) is 5.53. The molecule has 1 aliphatic carbocycles. The lowest BCUT2D eigenvalue weighted by atomic mass is 10.2. The Morgan fingerprint density at radius 1 is 1.18 bits per heavy atom. The van der Waals surface area contributed by atoms with Gasteiger partial charge in [0.25, 0.3) is 0 Å². The minimum Gasteiger partial charge on any atom is -0.490 e. The van der Waals surface area contributed by atoms with Crippen LogP contribution >= 0.6 is 12.2 Å². The summed E-state index contributed by atoms with van der Waals surface area (Å²) in [7, 11) is 0. The SMILES string of the molecule is CCOc1cc(/C=N\n2c(C3CC3)n[nH]c2=S)ccc1OCc1ccccc1. The first kappa shape index (κ1) is 18.4. The van der Waals surface area contributed by atoms with Gasteiger partial charge in [-0.05, 0) is 61.3 Å². The van der Waals surface area contributed by atoms with Gasteiger partial charge in [-0.2, -0.15) is 14.9 Å². The zero-order valence-corrected chi connectivity index (χ0v) is 16.5. The van der Waals surface area contributed by atoms with Crippen LogP contribution < -0.4 is 9.47 Å². The Hall–Kier alpha value is -2.93. The zero-order chi connectivity index (χ0) is 19.3. The molecule has 6 nitrogen and oxygen atoms in total. The summed E-state index contributed by atoms with van der Waals surface area (Å²) in [6.07, 6.45) is 4.04. The molecular weight excluding hydrogens is 372 g/mol. The number of benzene rings is 2. The van der Waals surface area contributed by atoms with Gasteiger partial charge in [0, 0.05) is 5.92 Å². The minimum absolute atomic E-state index is 0.456. The normalized spacial score (nSPS) is 13.8. The Bertz CT molecular complexity index is 1020. The molecule has 3 aromatic rings. The topological polar surface area (TPSA) is 64.4 Å². The summed E-state index contributed by atoms with van der Waals surface area (Å²) in [5.74, 6) is 2.76. The maximum atomic E-state index is 5.95. The lowest BCUT2D eigenvalue weighted by Crippen LogP contribution is -2.01. The molecule has 0 aliphatic heterocycles. The number of rotatable bonds is 8. The van der Waals surface area contributed by atoms with Crippen molar-refractivity contribution in [2.45, 2.75) is 32.3 Å². The predicted octanol–water partition coefficient (Wildman–Crippen LogP) is 4.68. The number of aromatic nitrogens is 3. The molecule has 0 radical (unpaired) electrons. The van der Waals surface area contributed by atoms with Crippen LogP contribution in [0.2, 0.25) is 0 Å². The predicted molar refractivity (Wildman–Crippen MR) is 111 cm³/mol. The Morgan fingerprint density at radius 2 is 2.00 bits per heavy atom.